The summed E-state index contributed by atoms with van der Waals surface area (Å²) >= 11 is 0. The van der Waals surface area contributed by atoms with E-state index in [-0.39, 0.29) is 0 Å². The Bertz CT molecular complexity index is 527. The number of aryl methyl sites for hydroxylation is 1. The van der Waals surface area contributed by atoms with Crippen molar-refractivity contribution >= 4 is 11.6 Å². The van der Waals surface area contributed by atoms with Crippen LogP contribution in [-0.4, -0.2) is 28.5 Å². The summed E-state index contributed by atoms with van der Waals surface area (Å²) in [6.07, 6.45) is 4.63. The molecule has 0 saturated carbocycles. The topological polar surface area (TPSA) is 62.7 Å². The van der Waals surface area contributed by atoms with Gasteiger partial charge in [-0.1, -0.05) is 13.0 Å². The molecule has 5 heteroatoms. The van der Waals surface area contributed by atoms with Crippen LogP contribution in [0.5, 0.6) is 0 Å². The molecule has 0 radical (unpaired) electrons. The van der Waals surface area contributed by atoms with Gasteiger partial charge in [0.05, 0.1) is 0 Å². The fourth-order valence-electron chi connectivity index (χ4n) is 1.92. The van der Waals surface area contributed by atoms with Crippen LogP contribution in [-0.2, 0) is 12.8 Å². The normalized spacial score (nSPS) is 10.3. The van der Waals surface area contributed by atoms with E-state index in [0.29, 0.717) is 0 Å². The second-order valence-corrected chi connectivity index (χ2v) is 4.55. The Morgan fingerprint density at radius 3 is 2.65 bits per heavy atom. The second-order valence-electron chi connectivity index (χ2n) is 4.55. The van der Waals surface area contributed by atoms with Gasteiger partial charge in [0.15, 0.2) is 0 Å². The van der Waals surface area contributed by atoms with E-state index in [1.54, 1.807) is 0 Å². The number of hydrogen-bond acceptors (Lipinski definition) is 5. The van der Waals surface area contributed by atoms with Gasteiger partial charge in [-0.3, -0.25) is 4.98 Å². The van der Waals surface area contributed by atoms with Gasteiger partial charge in [-0.2, -0.15) is 0 Å². The molecule has 0 amide bonds. The summed E-state index contributed by atoms with van der Waals surface area (Å²) in [7, 11) is 1.87. The molecule has 106 valence electrons. The number of rotatable bonds is 7. The zero-order chi connectivity index (χ0) is 14.2. The first-order valence-electron chi connectivity index (χ1n) is 7.01. The monoisotopic (exact) mass is 271 g/mol. The van der Waals surface area contributed by atoms with Gasteiger partial charge in [-0.25, -0.2) is 9.97 Å². The summed E-state index contributed by atoms with van der Waals surface area (Å²) in [4.78, 5) is 13.3. The number of anilines is 2. The summed E-state index contributed by atoms with van der Waals surface area (Å²) in [6, 6.07) is 7.89. The van der Waals surface area contributed by atoms with Crippen molar-refractivity contribution in [3.63, 3.8) is 0 Å². The van der Waals surface area contributed by atoms with Crippen LogP contribution >= 0.6 is 0 Å². The third kappa shape index (κ3) is 4.19. The van der Waals surface area contributed by atoms with E-state index >= 15 is 0 Å². The Kier molecular flexibility index (Phi) is 5.29. The van der Waals surface area contributed by atoms with Crippen LogP contribution in [0, 0.1) is 0 Å². The number of hydrogen-bond donors (Lipinski definition) is 2. The third-order valence-electron chi connectivity index (χ3n) is 2.92. The highest BCUT2D eigenvalue weighted by Gasteiger charge is 2.03. The van der Waals surface area contributed by atoms with Crippen molar-refractivity contribution in [2.45, 2.75) is 26.2 Å². The van der Waals surface area contributed by atoms with E-state index in [1.807, 2.05) is 37.5 Å². The number of nitrogens with one attached hydrogen (secondary N) is 2. The van der Waals surface area contributed by atoms with Crippen molar-refractivity contribution in [3.05, 3.63) is 42.0 Å². The minimum atomic E-state index is 0.808. The first kappa shape index (κ1) is 14.2. The van der Waals surface area contributed by atoms with Gasteiger partial charge in [-0.05, 0) is 18.6 Å². The molecule has 2 N–H and O–H groups in total. The zero-order valence-electron chi connectivity index (χ0n) is 12.1. The second kappa shape index (κ2) is 7.43. The smallest absolute Gasteiger partial charge is 0.133 e. The maximum Gasteiger partial charge on any atom is 0.133 e. The molecular weight excluding hydrogens is 250 g/mol. The lowest BCUT2D eigenvalue weighted by Gasteiger charge is -2.09. The van der Waals surface area contributed by atoms with Crippen LogP contribution in [0.15, 0.2) is 30.5 Å². The van der Waals surface area contributed by atoms with Crippen LogP contribution < -0.4 is 10.6 Å². The highest BCUT2D eigenvalue weighted by Crippen LogP contribution is 2.12. The Morgan fingerprint density at radius 1 is 1.10 bits per heavy atom. The Morgan fingerprint density at radius 2 is 1.95 bits per heavy atom. The van der Waals surface area contributed by atoms with Crippen LogP contribution in [0.1, 0.15) is 24.9 Å². The maximum absolute atomic E-state index is 4.52. The molecule has 2 aromatic heterocycles. The fourth-order valence-corrected chi connectivity index (χ4v) is 1.92. The molecule has 0 fully saturated rings. The average molecular weight is 271 g/mol. The highest BCUT2D eigenvalue weighted by atomic mass is 15.1. The molecule has 2 aromatic rings. The van der Waals surface area contributed by atoms with Gasteiger partial charge in [0, 0.05) is 44.4 Å². The van der Waals surface area contributed by atoms with Crippen molar-refractivity contribution < 1.29 is 0 Å². The predicted octanol–water partition coefficient (Wildman–Crippen LogP) is 2.52. The van der Waals surface area contributed by atoms with Crippen molar-refractivity contribution in [1.82, 2.24) is 15.0 Å². The summed E-state index contributed by atoms with van der Waals surface area (Å²) in [5, 5.41) is 6.41. The van der Waals surface area contributed by atoms with Gasteiger partial charge in [-0.15, -0.1) is 0 Å². The molecule has 0 bridgehead atoms. The molecule has 2 rings (SSSR count). The SMILES string of the molecule is CCCc1nc(NC)cc(NCCc2ccccn2)n1. The van der Waals surface area contributed by atoms with E-state index in [4.69, 9.17) is 0 Å². The lowest BCUT2D eigenvalue weighted by Crippen LogP contribution is -2.10. The van der Waals surface area contributed by atoms with Crippen molar-refractivity contribution in [3.8, 4) is 0 Å². The van der Waals surface area contributed by atoms with E-state index < -0.39 is 0 Å². The van der Waals surface area contributed by atoms with Gasteiger partial charge in [0.25, 0.3) is 0 Å². The van der Waals surface area contributed by atoms with Crippen LogP contribution in [0.3, 0.4) is 0 Å². The quantitative estimate of drug-likeness (QED) is 0.810. The number of aromatic nitrogens is 3. The lowest BCUT2D eigenvalue weighted by molar-refractivity contribution is 0.833. The standard InChI is InChI=1S/C15H21N5/c1-3-6-13-19-14(16-2)11-15(20-13)18-10-8-12-7-4-5-9-17-12/h4-5,7,9,11H,3,6,8,10H2,1-2H3,(H2,16,18,19,20). The summed E-state index contributed by atoms with van der Waals surface area (Å²) in [6.45, 7) is 2.94. The Labute approximate surface area is 119 Å². The summed E-state index contributed by atoms with van der Waals surface area (Å²) in [5.41, 5.74) is 1.08. The first-order valence-corrected chi connectivity index (χ1v) is 7.01. The lowest BCUT2D eigenvalue weighted by atomic mass is 10.2. The minimum Gasteiger partial charge on any atom is -0.373 e. The average Bonchev–Trinajstić information content (AvgIpc) is 2.48. The molecule has 0 saturated heterocycles. The molecule has 0 unspecified atom stereocenters. The van der Waals surface area contributed by atoms with E-state index in [9.17, 15) is 0 Å². The molecule has 0 atom stereocenters. The minimum absolute atomic E-state index is 0.808. The Balaban J connectivity index is 1.96. The largest absolute Gasteiger partial charge is 0.373 e. The molecule has 5 nitrogen and oxygen atoms in total. The van der Waals surface area contributed by atoms with Crippen molar-refractivity contribution in [2.24, 2.45) is 0 Å². The molecule has 0 aliphatic carbocycles. The van der Waals surface area contributed by atoms with E-state index in [0.717, 1.165) is 49.0 Å². The molecule has 0 aliphatic rings. The Hall–Kier alpha value is -2.17. The highest BCUT2D eigenvalue weighted by molar-refractivity contribution is 5.47. The maximum atomic E-state index is 4.52. The van der Waals surface area contributed by atoms with E-state index in [2.05, 4.69) is 32.5 Å². The van der Waals surface area contributed by atoms with Crippen molar-refractivity contribution in [2.75, 3.05) is 24.2 Å². The van der Waals surface area contributed by atoms with Gasteiger partial charge in [0.1, 0.15) is 17.5 Å². The van der Waals surface area contributed by atoms with Crippen LogP contribution in [0.4, 0.5) is 11.6 Å². The van der Waals surface area contributed by atoms with Gasteiger partial charge < -0.3 is 10.6 Å². The van der Waals surface area contributed by atoms with Crippen LogP contribution in [0.2, 0.25) is 0 Å². The summed E-state index contributed by atoms with van der Waals surface area (Å²) in [5.74, 6) is 2.59. The summed E-state index contributed by atoms with van der Waals surface area (Å²) < 4.78 is 0. The fraction of sp³-hybridized carbons (Fsp3) is 0.400. The number of nitrogens with zero attached hydrogens (tertiary/aromatic N) is 3. The molecule has 2 heterocycles. The molecule has 20 heavy (non-hydrogen) atoms. The zero-order valence-corrected chi connectivity index (χ0v) is 12.1. The first-order chi connectivity index (χ1) is 9.81. The van der Waals surface area contributed by atoms with E-state index in [1.165, 1.54) is 0 Å². The molecular formula is C15H21N5. The van der Waals surface area contributed by atoms with Gasteiger partial charge in [0.2, 0.25) is 0 Å². The third-order valence-corrected chi connectivity index (χ3v) is 2.92. The van der Waals surface area contributed by atoms with Gasteiger partial charge >= 0.3 is 0 Å². The predicted molar refractivity (Wildman–Crippen MR) is 82.0 cm³/mol. The molecule has 0 aliphatic heterocycles. The molecule has 0 spiro atoms. The number of pyridine rings is 1. The van der Waals surface area contributed by atoms with Crippen LogP contribution in [0.25, 0.3) is 0 Å². The van der Waals surface area contributed by atoms with Crippen molar-refractivity contribution in [1.29, 1.82) is 0 Å². The molecule has 0 aromatic carbocycles.